The molecule has 0 saturated carbocycles. The van der Waals surface area contributed by atoms with Gasteiger partial charge in [-0.05, 0) is 61.6 Å². The molecule has 32 heavy (non-hydrogen) atoms. The fourth-order valence-corrected chi connectivity index (χ4v) is 5.12. The number of likely N-dealkylation sites (tertiary alicyclic amines) is 2. The summed E-state index contributed by atoms with van der Waals surface area (Å²) in [7, 11) is 2.12. The number of halogens is 1. The van der Waals surface area contributed by atoms with Crippen molar-refractivity contribution in [2.24, 2.45) is 17.6 Å². The van der Waals surface area contributed by atoms with Crippen LogP contribution in [0.15, 0.2) is 36.7 Å². The molecule has 1 aromatic carbocycles. The van der Waals surface area contributed by atoms with Gasteiger partial charge in [-0.2, -0.15) is 0 Å². The minimum Gasteiger partial charge on any atom is -0.453 e. The van der Waals surface area contributed by atoms with Crippen LogP contribution in [-0.2, 0) is 11.2 Å². The number of aromatic nitrogens is 2. The number of carbonyl (C=O) groups excluding carboxylic acids is 1. The Morgan fingerprint density at radius 3 is 2.72 bits per heavy atom. The zero-order valence-electron chi connectivity index (χ0n) is 18.3. The molecule has 2 aliphatic rings. The number of fused-ring (bicyclic) bond motifs is 2. The van der Waals surface area contributed by atoms with E-state index in [9.17, 15) is 9.18 Å². The Morgan fingerprint density at radius 1 is 1.25 bits per heavy atom. The van der Waals surface area contributed by atoms with Crippen LogP contribution in [0.3, 0.4) is 0 Å². The van der Waals surface area contributed by atoms with Crippen LogP contribution in [0.25, 0.3) is 11.0 Å². The van der Waals surface area contributed by atoms with Gasteiger partial charge in [-0.25, -0.2) is 9.37 Å². The molecule has 8 heteroatoms. The van der Waals surface area contributed by atoms with Gasteiger partial charge in [0.05, 0.1) is 11.4 Å². The lowest BCUT2D eigenvalue weighted by Gasteiger charge is -2.23. The summed E-state index contributed by atoms with van der Waals surface area (Å²) in [4.78, 5) is 24.4. The van der Waals surface area contributed by atoms with E-state index in [1.165, 1.54) is 6.07 Å². The highest BCUT2D eigenvalue weighted by atomic mass is 19.1. The quantitative estimate of drug-likeness (QED) is 0.641. The molecule has 2 saturated heterocycles. The average Bonchev–Trinajstić information content (AvgIpc) is 3.42. The Kier molecular flexibility index (Phi) is 5.35. The number of aryl methyl sites for hydroxylation is 1. The Labute approximate surface area is 186 Å². The molecule has 7 nitrogen and oxygen atoms in total. The molecule has 4 heterocycles. The maximum atomic E-state index is 14.8. The number of amides is 1. The number of rotatable bonds is 5. The normalized spacial score (nSPS) is 21.8. The highest BCUT2D eigenvalue weighted by Gasteiger charge is 2.41. The summed E-state index contributed by atoms with van der Waals surface area (Å²) in [5.74, 6) is 1.20. The molecular weight excluding hydrogens is 409 g/mol. The van der Waals surface area contributed by atoms with Gasteiger partial charge in [0.15, 0.2) is 11.6 Å². The topological polar surface area (TPSA) is 87.5 Å². The molecule has 0 spiro atoms. The number of pyridine rings is 1. The van der Waals surface area contributed by atoms with Gasteiger partial charge < -0.3 is 25.3 Å². The smallest absolute Gasteiger partial charge is 0.239 e. The number of ether oxygens (including phenoxy) is 1. The van der Waals surface area contributed by atoms with E-state index in [0.717, 1.165) is 37.1 Å². The number of benzene rings is 1. The zero-order valence-corrected chi connectivity index (χ0v) is 18.3. The van der Waals surface area contributed by atoms with Crippen molar-refractivity contribution in [1.29, 1.82) is 0 Å². The molecule has 1 unspecified atom stereocenters. The predicted octanol–water partition coefficient (Wildman–Crippen LogP) is 2.69. The van der Waals surface area contributed by atoms with E-state index in [2.05, 4.69) is 21.9 Å². The Balaban J connectivity index is 1.25. The Hall–Kier alpha value is -2.97. The van der Waals surface area contributed by atoms with Gasteiger partial charge in [0.25, 0.3) is 0 Å². The molecule has 0 radical (unpaired) electrons. The number of hydrogen-bond donors (Lipinski definition) is 2. The van der Waals surface area contributed by atoms with Crippen molar-refractivity contribution in [2.45, 2.75) is 19.4 Å². The largest absolute Gasteiger partial charge is 0.453 e. The molecule has 2 aliphatic heterocycles. The van der Waals surface area contributed by atoms with Crippen LogP contribution >= 0.6 is 0 Å². The summed E-state index contributed by atoms with van der Waals surface area (Å²) in [6.45, 7) is 5.53. The molecular formula is C24H28FN5O2. The maximum absolute atomic E-state index is 14.8. The van der Waals surface area contributed by atoms with Gasteiger partial charge in [0.1, 0.15) is 11.4 Å². The predicted molar refractivity (Wildman–Crippen MR) is 120 cm³/mol. The molecule has 168 valence electrons. The third kappa shape index (κ3) is 3.84. The van der Waals surface area contributed by atoms with Crippen LogP contribution in [0, 0.1) is 24.6 Å². The fourth-order valence-electron chi connectivity index (χ4n) is 5.12. The Morgan fingerprint density at radius 2 is 2.00 bits per heavy atom. The van der Waals surface area contributed by atoms with Crippen molar-refractivity contribution in [1.82, 2.24) is 19.8 Å². The summed E-state index contributed by atoms with van der Waals surface area (Å²) in [6, 6.07) is 5.79. The van der Waals surface area contributed by atoms with E-state index in [1.807, 2.05) is 18.0 Å². The van der Waals surface area contributed by atoms with Crippen LogP contribution in [-0.4, -0.2) is 64.9 Å². The van der Waals surface area contributed by atoms with E-state index in [-0.39, 0.29) is 18.1 Å². The number of aromatic amines is 1. The number of hydrogen-bond acceptors (Lipinski definition) is 5. The molecule has 3 N–H and O–H groups in total. The summed E-state index contributed by atoms with van der Waals surface area (Å²) in [5, 5.41) is 0.824. The number of carbonyl (C=O) groups is 1. The minimum atomic E-state index is -0.681. The van der Waals surface area contributed by atoms with E-state index in [4.69, 9.17) is 10.5 Å². The summed E-state index contributed by atoms with van der Waals surface area (Å²) in [6.07, 6.45) is 3.75. The second kappa shape index (κ2) is 8.18. The summed E-state index contributed by atoms with van der Waals surface area (Å²) in [5.41, 5.74) is 8.56. The van der Waals surface area contributed by atoms with E-state index in [0.29, 0.717) is 28.8 Å². The number of nitrogens with two attached hydrogens (primary N) is 1. The van der Waals surface area contributed by atoms with Crippen molar-refractivity contribution < 1.29 is 13.9 Å². The first-order chi connectivity index (χ1) is 15.4. The first-order valence-electron chi connectivity index (χ1n) is 11.0. The van der Waals surface area contributed by atoms with Gasteiger partial charge in [-0.1, -0.05) is 6.07 Å². The third-order valence-electron chi connectivity index (χ3n) is 6.70. The van der Waals surface area contributed by atoms with Gasteiger partial charge >= 0.3 is 0 Å². The summed E-state index contributed by atoms with van der Waals surface area (Å²) >= 11 is 0. The van der Waals surface area contributed by atoms with Gasteiger partial charge in [0, 0.05) is 38.6 Å². The van der Waals surface area contributed by atoms with Crippen LogP contribution < -0.4 is 10.5 Å². The third-order valence-corrected chi connectivity index (χ3v) is 6.70. The van der Waals surface area contributed by atoms with Gasteiger partial charge in [-0.15, -0.1) is 0 Å². The van der Waals surface area contributed by atoms with Gasteiger partial charge in [0.2, 0.25) is 5.91 Å². The lowest BCUT2D eigenvalue weighted by molar-refractivity contribution is -0.131. The van der Waals surface area contributed by atoms with Crippen LogP contribution in [0.5, 0.6) is 11.5 Å². The van der Waals surface area contributed by atoms with Crippen LogP contribution in [0.2, 0.25) is 0 Å². The van der Waals surface area contributed by atoms with Gasteiger partial charge in [-0.3, -0.25) is 4.79 Å². The molecule has 3 atom stereocenters. The lowest BCUT2D eigenvalue weighted by Crippen LogP contribution is -2.44. The van der Waals surface area contributed by atoms with Crippen molar-refractivity contribution in [3.63, 3.8) is 0 Å². The van der Waals surface area contributed by atoms with Crippen molar-refractivity contribution >= 4 is 16.9 Å². The zero-order chi connectivity index (χ0) is 22.4. The molecule has 3 aromatic rings. The highest BCUT2D eigenvalue weighted by molar-refractivity contribution is 5.86. The number of nitrogens with one attached hydrogen (secondary N) is 1. The minimum absolute atomic E-state index is 0.0510. The van der Waals surface area contributed by atoms with Crippen molar-refractivity contribution in [3.05, 3.63) is 53.6 Å². The fraction of sp³-hybridized carbons (Fsp3) is 0.417. The standard InChI is InChI=1S/C24H28FN5O2/c1-14-9-28-23-22(14)21(5-6-27-23)32-20-4-3-15(7-18(20)25)8-19(26)24(31)30-12-16-10-29(2)11-17(16)13-30/h3-7,9,16-17,19H,8,10-13,26H2,1-2H3,(H,27,28)/t16-,17?,19-/m0/s1. The Bertz CT molecular complexity index is 1150. The lowest BCUT2D eigenvalue weighted by atomic mass is 10.0. The van der Waals surface area contributed by atoms with E-state index < -0.39 is 11.9 Å². The van der Waals surface area contributed by atoms with Crippen molar-refractivity contribution in [2.75, 3.05) is 33.2 Å². The highest BCUT2D eigenvalue weighted by Crippen LogP contribution is 2.33. The molecule has 0 aliphatic carbocycles. The first-order valence-corrected chi connectivity index (χ1v) is 11.0. The maximum Gasteiger partial charge on any atom is 0.239 e. The number of nitrogens with zero attached hydrogens (tertiary/aromatic N) is 3. The van der Waals surface area contributed by atoms with E-state index >= 15 is 0 Å². The first kappa shape index (κ1) is 20.9. The SMILES string of the molecule is Cc1c[nH]c2nccc(Oc3ccc(C[C@H](N)C(=O)N4CC5CN(C)C[C@H]5C4)cc3F)c12. The molecule has 0 bridgehead atoms. The monoisotopic (exact) mass is 437 g/mol. The van der Waals surface area contributed by atoms with Crippen LogP contribution in [0.1, 0.15) is 11.1 Å². The molecule has 1 amide bonds. The van der Waals surface area contributed by atoms with E-state index in [1.54, 1.807) is 24.4 Å². The van der Waals surface area contributed by atoms with Crippen molar-refractivity contribution in [3.8, 4) is 11.5 Å². The molecule has 2 fully saturated rings. The second-order valence-corrected chi connectivity index (χ2v) is 9.17. The molecule has 2 aromatic heterocycles. The van der Waals surface area contributed by atoms with Crippen LogP contribution in [0.4, 0.5) is 4.39 Å². The molecule has 5 rings (SSSR count). The second-order valence-electron chi connectivity index (χ2n) is 9.17. The number of H-pyrrole nitrogens is 1. The summed E-state index contributed by atoms with van der Waals surface area (Å²) < 4.78 is 20.7. The average molecular weight is 438 g/mol.